The summed E-state index contributed by atoms with van der Waals surface area (Å²) in [4.78, 5) is 34.3. The fourth-order valence-corrected chi connectivity index (χ4v) is 4.90. The summed E-state index contributed by atoms with van der Waals surface area (Å²) in [5.74, 6) is -0.802. The number of rotatable bonds is 9. The lowest BCUT2D eigenvalue weighted by Gasteiger charge is -2.29. The van der Waals surface area contributed by atoms with Crippen LogP contribution in [0.25, 0.3) is 5.76 Å². The van der Waals surface area contributed by atoms with Gasteiger partial charge in [0.1, 0.15) is 18.1 Å². The van der Waals surface area contributed by atoms with Crippen LogP contribution in [0.1, 0.15) is 29.2 Å². The van der Waals surface area contributed by atoms with Crippen molar-refractivity contribution in [2.75, 3.05) is 39.4 Å². The van der Waals surface area contributed by atoms with E-state index in [1.54, 1.807) is 29.4 Å². The van der Waals surface area contributed by atoms with Gasteiger partial charge in [-0.2, -0.15) is 0 Å². The zero-order chi connectivity index (χ0) is 26.3. The van der Waals surface area contributed by atoms with Crippen LogP contribution in [0, 0.1) is 0 Å². The molecule has 2 saturated heterocycles. The van der Waals surface area contributed by atoms with Gasteiger partial charge in [-0.15, -0.1) is 0 Å². The molecule has 8 heteroatoms. The molecule has 196 valence electrons. The predicted octanol–water partition coefficient (Wildman–Crippen LogP) is 3.80. The largest absolute Gasteiger partial charge is 0.507 e. The number of carbonyl (C=O) groups is 2. The van der Waals surface area contributed by atoms with Gasteiger partial charge in [0.25, 0.3) is 11.7 Å². The van der Waals surface area contributed by atoms with Gasteiger partial charge in [-0.25, -0.2) is 0 Å². The summed E-state index contributed by atoms with van der Waals surface area (Å²) in [5.41, 5.74) is 2.32. The van der Waals surface area contributed by atoms with E-state index in [4.69, 9.17) is 9.47 Å². The molecular formula is C30H31N3O5. The zero-order valence-corrected chi connectivity index (χ0v) is 21.2. The molecule has 2 aliphatic heterocycles. The Kier molecular flexibility index (Phi) is 8.11. The van der Waals surface area contributed by atoms with Crippen LogP contribution in [0.2, 0.25) is 0 Å². The van der Waals surface area contributed by atoms with E-state index in [-0.39, 0.29) is 11.3 Å². The Bertz CT molecular complexity index is 1270. The SMILES string of the molecule is O=C1C(=O)N(CCCN2CCOCC2)C(c2ccc(OCc3ccccc3)cc2)/C1=C(\O)c1ccncc1. The number of likely N-dealkylation sites (tertiary alicyclic amines) is 1. The molecule has 1 aromatic heterocycles. The van der Waals surface area contributed by atoms with Crippen molar-refractivity contribution >= 4 is 17.4 Å². The Morgan fingerprint density at radius 3 is 2.37 bits per heavy atom. The number of carbonyl (C=O) groups excluding carboxylic acids is 2. The number of nitrogens with zero attached hydrogens (tertiary/aromatic N) is 3. The van der Waals surface area contributed by atoms with Crippen LogP contribution in [0.15, 0.2) is 84.7 Å². The monoisotopic (exact) mass is 513 g/mol. The number of hydrogen-bond acceptors (Lipinski definition) is 7. The number of aliphatic hydroxyl groups is 1. The number of aliphatic hydroxyl groups excluding tert-OH is 1. The molecule has 1 atom stereocenters. The van der Waals surface area contributed by atoms with E-state index in [0.29, 0.717) is 44.1 Å². The molecule has 1 unspecified atom stereocenters. The highest BCUT2D eigenvalue weighted by Gasteiger charge is 2.45. The summed E-state index contributed by atoms with van der Waals surface area (Å²) < 4.78 is 11.3. The third-order valence-electron chi connectivity index (χ3n) is 6.91. The number of ketones is 1. The number of benzene rings is 2. The molecule has 0 saturated carbocycles. The van der Waals surface area contributed by atoms with Crippen LogP contribution < -0.4 is 4.74 Å². The molecular weight excluding hydrogens is 482 g/mol. The molecule has 0 spiro atoms. The first-order valence-corrected chi connectivity index (χ1v) is 12.9. The van der Waals surface area contributed by atoms with Crippen molar-refractivity contribution in [3.05, 3.63) is 101 Å². The molecule has 3 heterocycles. The molecule has 2 fully saturated rings. The second-order valence-corrected chi connectivity index (χ2v) is 9.38. The number of aromatic nitrogens is 1. The molecule has 1 amide bonds. The number of hydrogen-bond donors (Lipinski definition) is 1. The standard InChI is InChI=1S/C30H31N3O5/c34-28(24-11-13-31-14-12-24)26-27(23-7-9-25(10-8-23)38-21-22-5-2-1-3-6-22)33(30(36)29(26)35)16-4-15-32-17-19-37-20-18-32/h1-3,5-14,27,34H,4,15-21H2/b28-26+. The Balaban J connectivity index is 1.40. The number of ether oxygens (including phenoxy) is 2. The fraction of sp³-hybridized carbons (Fsp3) is 0.300. The van der Waals surface area contributed by atoms with Gasteiger partial charge in [-0.1, -0.05) is 42.5 Å². The lowest BCUT2D eigenvalue weighted by molar-refractivity contribution is -0.140. The minimum absolute atomic E-state index is 0.0885. The van der Waals surface area contributed by atoms with E-state index < -0.39 is 17.7 Å². The topological polar surface area (TPSA) is 92.2 Å². The van der Waals surface area contributed by atoms with Crippen molar-refractivity contribution < 1.29 is 24.2 Å². The molecule has 1 N–H and O–H groups in total. The Morgan fingerprint density at radius 1 is 0.947 bits per heavy atom. The van der Waals surface area contributed by atoms with E-state index in [1.165, 1.54) is 0 Å². The number of amides is 1. The number of pyridine rings is 1. The van der Waals surface area contributed by atoms with Crippen LogP contribution in [-0.4, -0.2) is 71.0 Å². The van der Waals surface area contributed by atoms with Crippen molar-refractivity contribution in [3.8, 4) is 5.75 Å². The normalized spacial score (nSPS) is 19.6. The Hall–Kier alpha value is -4.01. The lowest BCUT2D eigenvalue weighted by atomic mass is 9.95. The molecule has 2 aromatic carbocycles. The summed E-state index contributed by atoms with van der Waals surface area (Å²) >= 11 is 0. The highest BCUT2D eigenvalue weighted by atomic mass is 16.5. The summed E-state index contributed by atoms with van der Waals surface area (Å²) in [6, 6.07) is 19.8. The summed E-state index contributed by atoms with van der Waals surface area (Å²) in [5, 5.41) is 11.2. The molecule has 8 nitrogen and oxygen atoms in total. The molecule has 0 aliphatic carbocycles. The summed E-state index contributed by atoms with van der Waals surface area (Å²) in [7, 11) is 0. The lowest BCUT2D eigenvalue weighted by Crippen LogP contribution is -2.38. The third kappa shape index (κ3) is 5.77. The van der Waals surface area contributed by atoms with Gasteiger partial charge in [0.15, 0.2) is 0 Å². The maximum Gasteiger partial charge on any atom is 0.295 e. The number of morpholine rings is 1. The van der Waals surface area contributed by atoms with E-state index in [9.17, 15) is 14.7 Å². The molecule has 3 aromatic rings. The van der Waals surface area contributed by atoms with E-state index in [0.717, 1.165) is 30.8 Å². The second-order valence-electron chi connectivity index (χ2n) is 9.38. The van der Waals surface area contributed by atoms with Gasteiger partial charge in [-0.05, 0) is 41.8 Å². The molecule has 2 aliphatic rings. The summed E-state index contributed by atoms with van der Waals surface area (Å²) in [6.45, 7) is 4.75. The first-order valence-electron chi connectivity index (χ1n) is 12.9. The summed E-state index contributed by atoms with van der Waals surface area (Å²) in [6.07, 6.45) is 3.79. The first-order chi connectivity index (χ1) is 18.6. The van der Waals surface area contributed by atoms with Gasteiger partial charge in [-0.3, -0.25) is 19.5 Å². The molecule has 5 rings (SSSR count). The highest BCUT2D eigenvalue weighted by Crippen LogP contribution is 2.39. The van der Waals surface area contributed by atoms with Crippen LogP contribution in [0.3, 0.4) is 0 Å². The van der Waals surface area contributed by atoms with E-state index >= 15 is 0 Å². The maximum atomic E-state index is 13.2. The van der Waals surface area contributed by atoms with Crippen LogP contribution >= 0.6 is 0 Å². The smallest absolute Gasteiger partial charge is 0.295 e. The minimum Gasteiger partial charge on any atom is -0.507 e. The zero-order valence-electron chi connectivity index (χ0n) is 21.2. The van der Waals surface area contributed by atoms with Crippen LogP contribution in [0.4, 0.5) is 0 Å². The Labute approximate surface area is 222 Å². The van der Waals surface area contributed by atoms with Crippen molar-refractivity contribution in [1.82, 2.24) is 14.8 Å². The van der Waals surface area contributed by atoms with Gasteiger partial charge in [0.2, 0.25) is 0 Å². The van der Waals surface area contributed by atoms with Crippen molar-refractivity contribution in [3.63, 3.8) is 0 Å². The maximum absolute atomic E-state index is 13.2. The van der Waals surface area contributed by atoms with Gasteiger partial charge < -0.3 is 19.5 Å². The van der Waals surface area contributed by atoms with E-state index in [2.05, 4.69) is 9.88 Å². The van der Waals surface area contributed by atoms with E-state index in [1.807, 2.05) is 54.6 Å². The quantitative estimate of drug-likeness (QED) is 0.264. The van der Waals surface area contributed by atoms with Crippen LogP contribution in [0.5, 0.6) is 5.75 Å². The fourth-order valence-electron chi connectivity index (χ4n) is 4.90. The van der Waals surface area contributed by atoms with Crippen molar-refractivity contribution in [2.45, 2.75) is 19.1 Å². The van der Waals surface area contributed by atoms with Gasteiger partial charge in [0.05, 0.1) is 24.8 Å². The van der Waals surface area contributed by atoms with Crippen LogP contribution in [-0.2, 0) is 20.9 Å². The van der Waals surface area contributed by atoms with Crippen molar-refractivity contribution in [2.24, 2.45) is 0 Å². The van der Waals surface area contributed by atoms with Crippen molar-refractivity contribution in [1.29, 1.82) is 0 Å². The highest BCUT2D eigenvalue weighted by molar-refractivity contribution is 6.46. The van der Waals surface area contributed by atoms with Gasteiger partial charge >= 0.3 is 0 Å². The average Bonchev–Trinajstić information content (AvgIpc) is 3.22. The predicted molar refractivity (Wildman–Crippen MR) is 142 cm³/mol. The number of Topliss-reactive ketones (excluding diaryl/α,β-unsaturated/α-hetero) is 1. The third-order valence-corrected chi connectivity index (χ3v) is 6.91. The second kappa shape index (κ2) is 12.0. The molecule has 38 heavy (non-hydrogen) atoms. The minimum atomic E-state index is -0.698. The Morgan fingerprint density at radius 2 is 1.66 bits per heavy atom. The average molecular weight is 514 g/mol. The molecule has 0 bridgehead atoms. The molecule has 0 radical (unpaired) electrons. The van der Waals surface area contributed by atoms with Gasteiger partial charge in [0, 0.05) is 44.1 Å². The first kappa shape index (κ1) is 25.6.